The second kappa shape index (κ2) is 5.80. The number of hydrogen-bond donors (Lipinski definition) is 1. The van der Waals surface area contributed by atoms with Crippen molar-refractivity contribution in [3.05, 3.63) is 31.8 Å². The SMILES string of the molecule is N#CC1(NC(=O)c2cc(I)ccc2Br)CCSC1. The fourth-order valence-electron chi connectivity index (χ4n) is 1.74. The Labute approximate surface area is 132 Å². The molecular weight excluding hydrogens is 427 g/mol. The summed E-state index contributed by atoms with van der Waals surface area (Å²) < 4.78 is 1.74. The van der Waals surface area contributed by atoms with E-state index in [1.807, 2.05) is 18.2 Å². The van der Waals surface area contributed by atoms with Crippen LogP contribution in [0.25, 0.3) is 0 Å². The summed E-state index contributed by atoms with van der Waals surface area (Å²) in [6, 6.07) is 7.82. The number of nitrogens with zero attached hydrogens (tertiary/aromatic N) is 1. The second-order valence-corrected chi connectivity index (χ2v) is 7.28. The minimum Gasteiger partial charge on any atom is -0.333 e. The predicted molar refractivity (Wildman–Crippen MR) is 84.6 cm³/mol. The van der Waals surface area contributed by atoms with Crippen molar-refractivity contribution in [2.45, 2.75) is 12.0 Å². The molecule has 0 aliphatic carbocycles. The normalized spacial score (nSPS) is 22.5. The number of halogens is 2. The van der Waals surface area contributed by atoms with E-state index in [2.05, 4.69) is 49.9 Å². The average Bonchev–Trinajstić information content (AvgIpc) is 2.81. The Kier molecular flexibility index (Phi) is 4.56. The van der Waals surface area contributed by atoms with Gasteiger partial charge in [-0.25, -0.2) is 0 Å². The molecule has 1 atom stereocenters. The van der Waals surface area contributed by atoms with E-state index in [1.54, 1.807) is 11.8 Å². The Balaban J connectivity index is 2.22. The summed E-state index contributed by atoms with van der Waals surface area (Å²) in [6.45, 7) is 0. The molecule has 1 amide bonds. The fourth-order valence-corrected chi connectivity index (χ4v) is 3.92. The maximum Gasteiger partial charge on any atom is 0.253 e. The van der Waals surface area contributed by atoms with Crippen molar-refractivity contribution in [1.29, 1.82) is 5.26 Å². The van der Waals surface area contributed by atoms with Crippen LogP contribution >= 0.6 is 50.3 Å². The van der Waals surface area contributed by atoms with Gasteiger partial charge in [0.2, 0.25) is 0 Å². The molecule has 1 N–H and O–H groups in total. The largest absolute Gasteiger partial charge is 0.333 e. The lowest BCUT2D eigenvalue weighted by Crippen LogP contribution is -2.47. The number of thioether (sulfide) groups is 1. The molecule has 94 valence electrons. The minimum absolute atomic E-state index is 0.190. The van der Waals surface area contributed by atoms with E-state index in [4.69, 9.17) is 0 Å². The Morgan fingerprint density at radius 3 is 3.00 bits per heavy atom. The van der Waals surface area contributed by atoms with Crippen LogP contribution in [-0.4, -0.2) is 23.0 Å². The number of hydrogen-bond acceptors (Lipinski definition) is 3. The van der Waals surface area contributed by atoms with Crippen LogP contribution in [0, 0.1) is 14.9 Å². The van der Waals surface area contributed by atoms with Gasteiger partial charge in [-0.3, -0.25) is 4.79 Å². The van der Waals surface area contributed by atoms with Crippen LogP contribution in [0.4, 0.5) is 0 Å². The molecular formula is C12H10BrIN2OS. The van der Waals surface area contributed by atoms with Gasteiger partial charge in [0.15, 0.2) is 0 Å². The molecule has 0 radical (unpaired) electrons. The molecule has 1 aliphatic heterocycles. The van der Waals surface area contributed by atoms with Gasteiger partial charge in [-0.2, -0.15) is 17.0 Å². The van der Waals surface area contributed by atoms with Crippen LogP contribution in [0.3, 0.4) is 0 Å². The average molecular weight is 437 g/mol. The first-order valence-electron chi connectivity index (χ1n) is 5.33. The summed E-state index contributed by atoms with van der Waals surface area (Å²) in [6.07, 6.45) is 0.710. The maximum absolute atomic E-state index is 12.2. The van der Waals surface area contributed by atoms with Crippen molar-refractivity contribution in [3.63, 3.8) is 0 Å². The lowest BCUT2D eigenvalue weighted by Gasteiger charge is -2.21. The van der Waals surface area contributed by atoms with E-state index in [0.717, 1.165) is 13.8 Å². The van der Waals surface area contributed by atoms with Gasteiger partial charge in [0.25, 0.3) is 5.91 Å². The number of amides is 1. The molecule has 6 heteroatoms. The summed E-state index contributed by atoms with van der Waals surface area (Å²) in [5, 5.41) is 12.1. The van der Waals surface area contributed by atoms with Crippen LogP contribution in [0.2, 0.25) is 0 Å². The fraction of sp³-hybridized carbons (Fsp3) is 0.333. The highest BCUT2D eigenvalue weighted by Crippen LogP contribution is 2.28. The molecule has 0 aromatic heterocycles. The third-order valence-electron chi connectivity index (χ3n) is 2.76. The molecule has 1 heterocycles. The molecule has 1 saturated heterocycles. The van der Waals surface area contributed by atoms with Crippen LogP contribution < -0.4 is 5.32 Å². The molecule has 2 rings (SSSR count). The van der Waals surface area contributed by atoms with Gasteiger partial charge in [0, 0.05) is 13.8 Å². The van der Waals surface area contributed by atoms with Gasteiger partial charge in [-0.15, -0.1) is 0 Å². The molecule has 18 heavy (non-hydrogen) atoms. The lowest BCUT2D eigenvalue weighted by molar-refractivity contribution is 0.0925. The van der Waals surface area contributed by atoms with Crippen LogP contribution in [0.15, 0.2) is 22.7 Å². The summed E-state index contributed by atoms with van der Waals surface area (Å²) in [5.74, 6) is 1.39. The summed E-state index contributed by atoms with van der Waals surface area (Å²) in [5.41, 5.74) is -0.129. The van der Waals surface area contributed by atoms with Gasteiger partial charge in [-0.05, 0) is 68.9 Å². The monoisotopic (exact) mass is 436 g/mol. The number of nitriles is 1. The van der Waals surface area contributed by atoms with Crippen molar-refractivity contribution in [2.75, 3.05) is 11.5 Å². The minimum atomic E-state index is -0.706. The third kappa shape index (κ3) is 3.00. The highest BCUT2D eigenvalue weighted by molar-refractivity contribution is 14.1. The number of benzene rings is 1. The topological polar surface area (TPSA) is 52.9 Å². The van der Waals surface area contributed by atoms with Gasteiger partial charge in [0.05, 0.1) is 11.6 Å². The molecule has 1 aliphatic rings. The summed E-state index contributed by atoms with van der Waals surface area (Å²) in [4.78, 5) is 12.2. The smallest absolute Gasteiger partial charge is 0.253 e. The molecule has 0 spiro atoms. The highest BCUT2D eigenvalue weighted by atomic mass is 127. The highest BCUT2D eigenvalue weighted by Gasteiger charge is 2.36. The number of carbonyl (C=O) groups excluding carboxylic acids is 1. The molecule has 1 unspecified atom stereocenters. The zero-order chi connectivity index (χ0) is 13.2. The number of rotatable bonds is 2. The van der Waals surface area contributed by atoms with E-state index >= 15 is 0 Å². The van der Waals surface area contributed by atoms with E-state index < -0.39 is 5.54 Å². The van der Waals surface area contributed by atoms with Crippen LogP contribution in [-0.2, 0) is 0 Å². The standard InChI is InChI=1S/C12H10BrIN2OS/c13-10-2-1-8(14)5-9(10)11(17)16-12(6-15)3-4-18-7-12/h1-2,5H,3-4,7H2,(H,16,17). The van der Waals surface area contributed by atoms with Crippen molar-refractivity contribution < 1.29 is 4.79 Å². The van der Waals surface area contributed by atoms with Gasteiger partial charge in [0.1, 0.15) is 5.54 Å². The lowest BCUT2D eigenvalue weighted by atomic mass is 10.0. The predicted octanol–water partition coefficient (Wildman–Crippen LogP) is 3.18. The van der Waals surface area contributed by atoms with Crippen molar-refractivity contribution in [3.8, 4) is 6.07 Å². The van der Waals surface area contributed by atoms with Crippen molar-refractivity contribution >= 4 is 56.2 Å². The van der Waals surface area contributed by atoms with E-state index in [9.17, 15) is 10.1 Å². The zero-order valence-electron chi connectivity index (χ0n) is 9.37. The molecule has 0 bridgehead atoms. The van der Waals surface area contributed by atoms with Crippen molar-refractivity contribution in [1.82, 2.24) is 5.32 Å². The Bertz CT molecular complexity index is 523. The molecule has 0 saturated carbocycles. The number of nitrogens with one attached hydrogen (secondary N) is 1. The summed E-state index contributed by atoms with van der Waals surface area (Å²) in [7, 11) is 0. The molecule has 3 nitrogen and oxygen atoms in total. The molecule has 1 aromatic carbocycles. The molecule has 1 aromatic rings. The van der Waals surface area contributed by atoms with Crippen molar-refractivity contribution in [2.24, 2.45) is 0 Å². The molecule has 1 fully saturated rings. The van der Waals surface area contributed by atoms with E-state index in [0.29, 0.717) is 17.7 Å². The first-order chi connectivity index (χ1) is 8.56. The maximum atomic E-state index is 12.2. The second-order valence-electron chi connectivity index (χ2n) is 4.07. The van der Waals surface area contributed by atoms with Gasteiger partial charge in [-0.1, -0.05) is 0 Å². The Morgan fingerprint density at radius 2 is 2.39 bits per heavy atom. The third-order valence-corrected chi connectivity index (χ3v) is 5.31. The Hall–Kier alpha value is -0.260. The quantitative estimate of drug-likeness (QED) is 0.724. The van der Waals surface area contributed by atoms with Crippen LogP contribution in [0.5, 0.6) is 0 Å². The first-order valence-corrected chi connectivity index (χ1v) is 8.35. The van der Waals surface area contributed by atoms with E-state index in [-0.39, 0.29) is 5.91 Å². The summed E-state index contributed by atoms with van der Waals surface area (Å²) >= 11 is 7.23. The van der Waals surface area contributed by atoms with Gasteiger partial charge >= 0.3 is 0 Å². The number of carbonyl (C=O) groups is 1. The Morgan fingerprint density at radius 1 is 1.61 bits per heavy atom. The first kappa shape index (κ1) is 14.2. The zero-order valence-corrected chi connectivity index (χ0v) is 13.9. The van der Waals surface area contributed by atoms with E-state index in [1.165, 1.54) is 0 Å². The van der Waals surface area contributed by atoms with Crippen LogP contribution in [0.1, 0.15) is 16.8 Å². The van der Waals surface area contributed by atoms with Gasteiger partial charge < -0.3 is 5.32 Å².